The van der Waals surface area contributed by atoms with Crippen LogP contribution in [0.3, 0.4) is 0 Å². The minimum absolute atomic E-state index is 0.0517. The highest BCUT2D eigenvalue weighted by atomic mass is 32.2. The molecule has 3 heterocycles. The average molecular weight is 455 g/mol. The minimum atomic E-state index is -3.65. The zero-order chi connectivity index (χ0) is 23.0. The maximum Gasteiger partial charge on any atom is 0.324 e. The summed E-state index contributed by atoms with van der Waals surface area (Å²) in [5.74, 6) is 0.521. The molecule has 0 atom stereocenters. The van der Waals surface area contributed by atoms with Gasteiger partial charge in [0.1, 0.15) is 17.2 Å². The Hall–Kier alpha value is -3.66. The van der Waals surface area contributed by atoms with Crippen molar-refractivity contribution in [3.05, 3.63) is 64.8 Å². The Bertz CT molecular complexity index is 1450. The van der Waals surface area contributed by atoms with E-state index in [1.165, 1.54) is 10.6 Å². The van der Waals surface area contributed by atoms with Crippen molar-refractivity contribution in [1.82, 2.24) is 14.5 Å². The van der Waals surface area contributed by atoms with Gasteiger partial charge in [0.25, 0.3) is 5.56 Å². The quantitative estimate of drug-likeness (QED) is 0.470. The van der Waals surface area contributed by atoms with Gasteiger partial charge in [-0.3, -0.25) is 9.52 Å². The molecule has 0 saturated heterocycles. The highest BCUT2D eigenvalue weighted by Gasteiger charge is 2.19. The maximum atomic E-state index is 12.4. The van der Waals surface area contributed by atoms with Crippen molar-refractivity contribution in [3.8, 4) is 23.0 Å². The van der Waals surface area contributed by atoms with Crippen molar-refractivity contribution in [3.63, 3.8) is 0 Å². The Morgan fingerprint density at radius 3 is 2.66 bits per heavy atom. The summed E-state index contributed by atoms with van der Waals surface area (Å²) in [5.41, 5.74) is 2.04. The van der Waals surface area contributed by atoms with Crippen LogP contribution >= 0.6 is 0 Å². The summed E-state index contributed by atoms with van der Waals surface area (Å²) in [6.45, 7) is 4.84. The van der Waals surface area contributed by atoms with Gasteiger partial charge in [-0.2, -0.15) is 9.97 Å². The van der Waals surface area contributed by atoms with E-state index in [4.69, 9.17) is 9.15 Å². The highest BCUT2D eigenvalue weighted by Crippen LogP contribution is 2.31. The Kier molecular flexibility index (Phi) is 5.47. The first kappa shape index (κ1) is 21.6. The first-order chi connectivity index (χ1) is 15.1. The fraction of sp³-hybridized carbons (Fsp3) is 0.227. The fourth-order valence-electron chi connectivity index (χ4n) is 3.11. The largest absolute Gasteiger partial charge is 0.464 e. The molecule has 1 aromatic carbocycles. The number of anilines is 1. The third-order valence-electron chi connectivity index (χ3n) is 4.89. The lowest BCUT2D eigenvalue weighted by Gasteiger charge is -2.13. The third kappa shape index (κ3) is 4.22. The minimum Gasteiger partial charge on any atom is -0.464 e. The van der Waals surface area contributed by atoms with Crippen LogP contribution in [0, 0.1) is 6.92 Å². The average Bonchev–Trinajstić information content (AvgIpc) is 3.21. The van der Waals surface area contributed by atoms with Crippen molar-refractivity contribution in [2.75, 3.05) is 4.72 Å². The molecule has 0 radical (unpaired) electrons. The molecule has 0 aliphatic rings. The summed E-state index contributed by atoms with van der Waals surface area (Å²) in [6.07, 6.45) is 3.17. The number of ether oxygens (including phenoxy) is 1. The molecule has 0 amide bonds. The number of pyridine rings is 1. The Labute approximate surface area is 184 Å². The van der Waals surface area contributed by atoms with Gasteiger partial charge >= 0.3 is 6.01 Å². The van der Waals surface area contributed by atoms with Crippen molar-refractivity contribution in [2.45, 2.75) is 26.0 Å². The summed E-state index contributed by atoms with van der Waals surface area (Å²) < 4.78 is 40.1. The van der Waals surface area contributed by atoms with E-state index in [2.05, 4.69) is 14.7 Å². The van der Waals surface area contributed by atoms with Gasteiger partial charge in [0, 0.05) is 30.4 Å². The summed E-state index contributed by atoms with van der Waals surface area (Å²) >= 11 is 0. The molecule has 32 heavy (non-hydrogen) atoms. The predicted octanol–water partition coefficient (Wildman–Crippen LogP) is 3.84. The van der Waals surface area contributed by atoms with Gasteiger partial charge in [0.05, 0.1) is 22.6 Å². The Balaban J connectivity index is 1.84. The Morgan fingerprint density at radius 1 is 1.16 bits per heavy atom. The van der Waals surface area contributed by atoms with Crippen LogP contribution in [0.4, 0.5) is 5.82 Å². The maximum absolute atomic E-state index is 12.4. The number of hydrogen-bond donors (Lipinski definition) is 1. The number of furan rings is 1. The molecule has 0 aliphatic carbocycles. The van der Waals surface area contributed by atoms with Crippen molar-refractivity contribution >= 4 is 26.8 Å². The number of sulfonamides is 1. The number of rotatable bonds is 6. The molecule has 3 aromatic heterocycles. The molecular formula is C22H22N4O5S. The van der Waals surface area contributed by atoms with Gasteiger partial charge in [0.2, 0.25) is 10.0 Å². The van der Waals surface area contributed by atoms with Crippen LogP contribution in [0.1, 0.15) is 19.4 Å². The summed E-state index contributed by atoms with van der Waals surface area (Å²) in [7, 11) is -2.02. The second kappa shape index (κ2) is 8.12. The molecule has 9 nitrogen and oxygen atoms in total. The predicted molar refractivity (Wildman–Crippen MR) is 121 cm³/mol. The third-order valence-corrected chi connectivity index (χ3v) is 6.62. The molecule has 10 heteroatoms. The molecule has 4 rings (SSSR count). The molecule has 4 aromatic rings. The van der Waals surface area contributed by atoms with Gasteiger partial charge in [-0.25, -0.2) is 8.42 Å². The zero-order valence-electron chi connectivity index (χ0n) is 18.0. The van der Waals surface area contributed by atoms with Crippen LogP contribution < -0.4 is 15.0 Å². The Morgan fingerprint density at radius 2 is 1.94 bits per heavy atom. The number of hydrogen-bond acceptors (Lipinski definition) is 7. The lowest BCUT2D eigenvalue weighted by atomic mass is 10.1. The first-order valence-electron chi connectivity index (χ1n) is 9.86. The monoisotopic (exact) mass is 454 g/mol. The molecule has 0 unspecified atom stereocenters. The molecule has 0 spiro atoms. The van der Waals surface area contributed by atoms with Crippen LogP contribution in [-0.2, 0) is 17.1 Å². The van der Waals surface area contributed by atoms with E-state index in [0.29, 0.717) is 28.2 Å². The van der Waals surface area contributed by atoms with E-state index in [1.807, 2.05) is 0 Å². The normalized spacial score (nSPS) is 11.8. The topological polar surface area (TPSA) is 116 Å². The molecule has 0 bridgehead atoms. The van der Waals surface area contributed by atoms with Crippen LogP contribution in [0.2, 0.25) is 0 Å². The van der Waals surface area contributed by atoms with Gasteiger partial charge in [-0.1, -0.05) is 6.07 Å². The fourth-order valence-corrected chi connectivity index (χ4v) is 3.74. The van der Waals surface area contributed by atoms with E-state index in [0.717, 1.165) is 5.39 Å². The van der Waals surface area contributed by atoms with E-state index in [1.54, 1.807) is 70.6 Å². The van der Waals surface area contributed by atoms with Crippen LogP contribution in [0.25, 0.3) is 22.2 Å². The highest BCUT2D eigenvalue weighted by molar-refractivity contribution is 7.93. The lowest BCUT2D eigenvalue weighted by Crippen LogP contribution is -2.23. The number of aromatic nitrogens is 3. The van der Waals surface area contributed by atoms with Crippen LogP contribution in [0.15, 0.2) is 58.1 Å². The summed E-state index contributed by atoms with van der Waals surface area (Å²) in [4.78, 5) is 20.8. The van der Waals surface area contributed by atoms with Crippen LogP contribution in [-0.4, -0.2) is 28.2 Å². The molecule has 0 fully saturated rings. The molecular weight excluding hydrogens is 432 g/mol. The van der Waals surface area contributed by atoms with Crippen molar-refractivity contribution < 1.29 is 17.6 Å². The second-order valence-corrected chi connectivity index (χ2v) is 9.87. The molecule has 166 valence electrons. The SMILES string of the molecule is Cc1cc(-c2cc(NS(=O)(=O)C(C)C)nc(Oc3cccc4occc34)n2)cn(C)c1=O. The number of fused-ring (bicyclic) bond motifs is 1. The van der Waals surface area contributed by atoms with Crippen molar-refractivity contribution in [2.24, 2.45) is 7.05 Å². The number of nitrogens with one attached hydrogen (secondary N) is 1. The number of benzene rings is 1. The molecule has 0 saturated carbocycles. The van der Waals surface area contributed by atoms with Crippen LogP contribution in [0.5, 0.6) is 11.8 Å². The van der Waals surface area contributed by atoms with Gasteiger partial charge < -0.3 is 13.7 Å². The van der Waals surface area contributed by atoms with E-state index >= 15 is 0 Å². The number of nitrogens with zero attached hydrogens (tertiary/aromatic N) is 3. The summed E-state index contributed by atoms with van der Waals surface area (Å²) in [6, 6.07) is 10.2. The summed E-state index contributed by atoms with van der Waals surface area (Å²) in [5, 5.41) is 0.0634. The van der Waals surface area contributed by atoms with Gasteiger partial charge in [-0.05, 0) is 45.0 Å². The zero-order valence-corrected chi connectivity index (χ0v) is 18.8. The smallest absolute Gasteiger partial charge is 0.324 e. The second-order valence-electron chi connectivity index (χ2n) is 7.64. The van der Waals surface area contributed by atoms with Gasteiger partial charge in [-0.15, -0.1) is 0 Å². The van der Waals surface area contributed by atoms with E-state index in [-0.39, 0.29) is 17.4 Å². The first-order valence-corrected chi connectivity index (χ1v) is 11.4. The lowest BCUT2D eigenvalue weighted by molar-refractivity contribution is 0.448. The van der Waals surface area contributed by atoms with Crippen molar-refractivity contribution in [1.29, 1.82) is 0 Å². The number of aryl methyl sites for hydroxylation is 2. The van der Waals surface area contributed by atoms with Gasteiger partial charge in [0.15, 0.2) is 0 Å². The molecule has 1 N–H and O–H groups in total. The van der Waals surface area contributed by atoms with E-state index < -0.39 is 15.3 Å². The van der Waals surface area contributed by atoms with E-state index in [9.17, 15) is 13.2 Å². The standard InChI is InChI=1S/C22H22N4O5S/c1-13(2)32(28,29)25-20-11-17(15-10-14(3)21(27)26(4)12-15)23-22(24-20)31-19-7-5-6-18-16(19)8-9-30-18/h5-13H,1-4H3,(H,23,24,25). The molecule has 0 aliphatic heterocycles.